The Morgan fingerprint density at radius 2 is 1.65 bits per heavy atom. The average Bonchev–Trinajstić information content (AvgIpc) is 2.62. The van der Waals surface area contributed by atoms with E-state index in [1.807, 2.05) is 12.1 Å². The van der Waals surface area contributed by atoms with Gasteiger partial charge in [-0.3, -0.25) is 9.59 Å². The SMILES string of the molecule is O=C(Nc1cc(Cl)ccc1Cl)c1cccn(Cc2ccc(Cl)cc2)c1=O. The lowest BCUT2D eigenvalue weighted by atomic mass is 10.2. The van der Waals surface area contributed by atoms with Crippen LogP contribution in [0.25, 0.3) is 0 Å². The van der Waals surface area contributed by atoms with Crippen LogP contribution >= 0.6 is 34.8 Å². The van der Waals surface area contributed by atoms with Crippen molar-refractivity contribution < 1.29 is 4.79 Å². The van der Waals surface area contributed by atoms with Crippen molar-refractivity contribution in [2.45, 2.75) is 6.54 Å². The number of hydrogen-bond donors (Lipinski definition) is 1. The molecule has 7 heteroatoms. The molecule has 0 spiro atoms. The molecule has 0 radical (unpaired) electrons. The lowest BCUT2D eigenvalue weighted by molar-refractivity contribution is 0.102. The minimum absolute atomic E-state index is 0.0116. The van der Waals surface area contributed by atoms with Crippen LogP contribution in [0.3, 0.4) is 0 Å². The van der Waals surface area contributed by atoms with Gasteiger partial charge in [-0.25, -0.2) is 0 Å². The predicted octanol–water partition coefficient (Wildman–Crippen LogP) is 5.11. The summed E-state index contributed by atoms with van der Waals surface area (Å²) in [4.78, 5) is 25.1. The normalized spacial score (nSPS) is 10.6. The van der Waals surface area contributed by atoms with E-state index in [4.69, 9.17) is 34.8 Å². The van der Waals surface area contributed by atoms with E-state index in [1.54, 1.807) is 36.5 Å². The third-order valence-electron chi connectivity index (χ3n) is 3.71. The first-order valence-corrected chi connectivity index (χ1v) is 8.78. The highest BCUT2D eigenvalue weighted by Crippen LogP contribution is 2.25. The fourth-order valence-electron chi connectivity index (χ4n) is 2.40. The number of aromatic nitrogens is 1. The Hall–Kier alpha value is -2.27. The number of rotatable bonds is 4. The number of amides is 1. The van der Waals surface area contributed by atoms with Crippen molar-refractivity contribution in [2.75, 3.05) is 5.32 Å². The zero-order valence-corrected chi connectivity index (χ0v) is 15.6. The highest BCUT2D eigenvalue weighted by molar-refractivity contribution is 6.35. The third kappa shape index (κ3) is 4.28. The zero-order valence-electron chi connectivity index (χ0n) is 13.4. The minimum Gasteiger partial charge on any atom is -0.320 e. The quantitative estimate of drug-likeness (QED) is 0.653. The van der Waals surface area contributed by atoms with E-state index >= 15 is 0 Å². The standard InChI is InChI=1S/C19H13Cl3N2O2/c20-13-5-3-12(4-6-13)11-24-9-1-2-15(19(24)26)18(25)23-17-10-14(21)7-8-16(17)22/h1-10H,11H2,(H,23,25). The Kier molecular flexibility index (Phi) is 5.67. The number of nitrogens with one attached hydrogen (secondary N) is 1. The topological polar surface area (TPSA) is 51.1 Å². The number of anilines is 1. The van der Waals surface area contributed by atoms with Crippen LogP contribution in [0.15, 0.2) is 65.6 Å². The van der Waals surface area contributed by atoms with Crippen LogP contribution in [0, 0.1) is 0 Å². The van der Waals surface area contributed by atoms with E-state index in [9.17, 15) is 9.59 Å². The number of halogens is 3. The molecule has 0 aliphatic heterocycles. The van der Waals surface area contributed by atoms with Gasteiger partial charge < -0.3 is 9.88 Å². The second-order valence-corrected chi connectivity index (χ2v) is 6.84. The van der Waals surface area contributed by atoms with Crippen LogP contribution in [0.4, 0.5) is 5.69 Å². The number of carbonyl (C=O) groups excluding carboxylic acids is 1. The first kappa shape index (κ1) is 18.5. The fourth-order valence-corrected chi connectivity index (χ4v) is 2.87. The first-order valence-electron chi connectivity index (χ1n) is 7.64. The fraction of sp³-hybridized carbons (Fsp3) is 0.0526. The zero-order chi connectivity index (χ0) is 18.7. The Balaban J connectivity index is 1.86. The van der Waals surface area contributed by atoms with Gasteiger partial charge >= 0.3 is 0 Å². The lowest BCUT2D eigenvalue weighted by Crippen LogP contribution is -2.29. The van der Waals surface area contributed by atoms with Gasteiger partial charge in [0.15, 0.2) is 0 Å². The summed E-state index contributed by atoms with van der Waals surface area (Å²) in [5.74, 6) is -0.551. The van der Waals surface area contributed by atoms with E-state index < -0.39 is 11.5 Å². The number of benzene rings is 2. The van der Waals surface area contributed by atoms with Crippen molar-refractivity contribution in [3.63, 3.8) is 0 Å². The molecule has 1 aromatic heterocycles. The maximum absolute atomic E-state index is 12.6. The van der Waals surface area contributed by atoms with E-state index in [0.29, 0.717) is 27.3 Å². The second kappa shape index (κ2) is 7.96. The summed E-state index contributed by atoms with van der Waals surface area (Å²) in [6, 6.07) is 15.0. The largest absolute Gasteiger partial charge is 0.320 e. The Bertz CT molecular complexity index is 1010. The predicted molar refractivity (Wildman–Crippen MR) is 106 cm³/mol. The van der Waals surface area contributed by atoms with E-state index in [-0.39, 0.29) is 5.56 Å². The highest BCUT2D eigenvalue weighted by Gasteiger charge is 2.14. The summed E-state index contributed by atoms with van der Waals surface area (Å²) in [5.41, 5.74) is 0.847. The summed E-state index contributed by atoms with van der Waals surface area (Å²) in [6.07, 6.45) is 1.63. The minimum atomic E-state index is -0.551. The molecule has 3 aromatic rings. The van der Waals surface area contributed by atoms with Gasteiger partial charge in [-0.15, -0.1) is 0 Å². The molecule has 0 bridgehead atoms. The molecule has 0 atom stereocenters. The molecule has 0 aliphatic carbocycles. The Morgan fingerprint density at radius 3 is 2.38 bits per heavy atom. The van der Waals surface area contributed by atoms with Crippen LogP contribution in [0.2, 0.25) is 15.1 Å². The molecule has 132 valence electrons. The summed E-state index contributed by atoms with van der Waals surface area (Å²) >= 11 is 17.8. The number of nitrogens with zero attached hydrogens (tertiary/aromatic N) is 1. The van der Waals surface area contributed by atoms with Gasteiger partial charge in [-0.2, -0.15) is 0 Å². The Morgan fingerprint density at radius 1 is 0.962 bits per heavy atom. The third-order valence-corrected chi connectivity index (χ3v) is 4.52. The molecule has 3 rings (SSSR count). The van der Waals surface area contributed by atoms with Crippen LogP contribution < -0.4 is 10.9 Å². The first-order chi connectivity index (χ1) is 12.4. The summed E-state index contributed by atoms with van der Waals surface area (Å²) < 4.78 is 1.46. The molecule has 0 saturated carbocycles. The molecule has 26 heavy (non-hydrogen) atoms. The van der Waals surface area contributed by atoms with E-state index in [2.05, 4.69) is 5.32 Å². The van der Waals surface area contributed by atoms with Gasteiger partial charge in [0.1, 0.15) is 5.56 Å². The maximum atomic E-state index is 12.6. The summed E-state index contributed by atoms with van der Waals surface area (Å²) in [5, 5.41) is 4.00. The molecule has 0 fully saturated rings. The molecular formula is C19H13Cl3N2O2. The van der Waals surface area contributed by atoms with Crippen LogP contribution in [-0.4, -0.2) is 10.5 Å². The van der Waals surface area contributed by atoms with Gasteiger partial charge in [-0.05, 0) is 48.0 Å². The monoisotopic (exact) mass is 406 g/mol. The van der Waals surface area contributed by atoms with Gasteiger partial charge in [0.25, 0.3) is 11.5 Å². The highest BCUT2D eigenvalue weighted by atomic mass is 35.5. The van der Waals surface area contributed by atoms with Gasteiger partial charge in [0.2, 0.25) is 0 Å². The van der Waals surface area contributed by atoms with Gasteiger partial charge in [0.05, 0.1) is 17.3 Å². The van der Waals surface area contributed by atoms with E-state index in [0.717, 1.165) is 5.56 Å². The molecular weight excluding hydrogens is 395 g/mol. The van der Waals surface area contributed by atoms with Gasteiger partial charge in [-0.1, -0.05) is 46.9 Å². The Labute approximate surface area is 164 Å². The number of carbonyl (C=O) groups is 1. The molecule has 1 heterocycles. The van der Waals surface area contributed by atoms with Crippen molar-refractivity contribution in [3.8, 4) is 0 Å². The summed E-state index contributed by atoms with van der Waals surface area (Å²) in [6.45, 7) is 0.328. The maximum Gasteiger partial charge on any atom is 0.263 e. The second-order valence-electron chi connectivity index (χ2n) is 5.56. The van der Waals surface area contributed by atoms with Crippen LogP contribution in [0.5, 0.6) is 0 Å². The number of pyridine rings is 1. The lowest BCUT2D eigenvalue weighted by Gasteiger charge is -2.10. The molecule has 2 aromatic carbocycles. The van der Waals surface area contributed by atoms with Crippen molar-refractivity contribution in [3.05, 3.63) is 97.3 Å². The molecule has 0 saturated heterocycles. The molecule has 1 N–H and O–H groups in total. The van der Waals surface area contributed by atoms with Crippen molar-refractivity contribution in [1.82, 2.24) is 4.57 Å². The molecule has 4 nitrogen and oxygen atoms in total. The van der Waals surface area contributed by atoms with Crippen molar-refractivity contribution >= 4 is 46.4 Å². The number of hydrogen-bond acceptors (Lipinski definition) is 2. The van der Waals surface area contributed by atoms with Crippen LogP contribution in [-0.2, 0) is 6.54 Å². The smallest absolute Gasteiger partial charge is 0.263 e. The molecule has 0 aliphatic rings. The van der Waals surface area contributed by atoms with Crippen LogP contribution in [0.1, 0.15) is 15.9 Å². The molecule has 1 amide bonds. The van der Waals surface area contributed by atoms with Crippen molar-refractivity contribution in [1.29, 1.82) is 0 Å². The summed E-state index contributed by atoms with van der Waals surface area (Å²) in [7, 11) is 0. The molecule has 0 unspecified atom stereocenters. The van der Waals surface area contributed by atoms with Crippen molar-refractivity contribution in [2.24, 2.45) is 0 Å². The van der Waals surface area contributed by atoms with Gasteiger partial charge in [0, 0.05) is 16.2 Å². The van der Waals surface area contributed by atoms with E-state index in [1.165, 1.54) is 16.7 Å². The average molecular weight is 408 g/mol.